The Morgan fingerprint density at radius 3 is 2.36 bits per heavy atom. The molecule has 2 aromatic carbocycles. The molecule has 0 saturated heterocycles. The molecule has 22 heavy (non-hydrogen) atoms. The standard InChI is InChI=1S/C19H19NO2/c1-4-22-19(21)18-12-15-8-5-14(3)11-17(15)20(18)16-9-6-13(2)7-10-16/h5-12H,4H2,1-3H3. The van der Waals surface area contributed by atoms with E-state index in [-0.39, 0.29) is 5.97 Å². The molecule has 0 aliphatic carbocycles. The lowest BCUT2D eigenvalue weighted by Gasteiger charge is -2.11. The van der Waals surface area contributed by atoms with Crippen LogP contribution in [0.2, 0.25) is 0 Å². The molecule has 0 radical (unpaired) electrons. The fraction of sp³-hybridized carbons (Fsp3) is 0.211. The first kappa shape index (κ1) is 14.4. The van der Waals surface area contributed by atoms with Gasteiger partial charge in [0.25, 0.3) is 0 Å². The van der Waals surface area contributed by atoms with Crippen LogP contribution in [0, 0.1) is 13.8 Å². The average Bonchev–Trinajstić information content (AvgIpc) is 2.87. The number of benzene rings is 2. The van der Waals surface area contributed by atoms with Gasteiger partial charge in [-0.2, -0.15) is 0 Å². The molecule has 0 amide bonds. The Hall–Kier alpha value is -2.55. The van der Waals surface area contributed by atoms with E-state index in [1.54, 1.807) is 0 Å². The van der Waals surface area contributed by atoms with Crippen LogP contribution < -0.4 is 0 Å². The third-order valence-corrected chi connectivity index (χ3v) is 3.74. The minimum atomic E-state index is -0.295. The van der Waals surface area contributed by atoms with E-state index in [4.69, 9.17) is 4.74 Å². The summed E-state index contributed by atoms with van der Waals surface area (Å²) in [5.74, 6) is -0.295. The van der Waals surface area contributed by atoms with Crippen LogP contribution in [-0.4, -0.2) is 17.1 Å². The zero-order valence-electron chi connectivity index (χ0n) is 13.1. The van der Waals surface area contributed by atoms with Gasteiger partial charge in [-0.1, -0.05) is 29.8 Å². The van der Waals surface area contributed by atoms with E-state index in [1.807, 2.05) is 54.8 Å². The smallest absolute Gasteiger partial charge is 0.355 e. The molecule has 1 heterocycles. The van der Waals surface area contributed by atoms with Crippen molar-refractivity contribution in [3.05, 3.63) is 65.4 Å². The normalized spacial score (nSPS) is 10.9. The summed E-state index contributed by atoms with van der Waals surface area (Å²) in [5, 5.41) is 1.04. The van der Waals surface area contributed by atoms with E-state index in [9.17, 15) is 4.79 Å². The average molecular weight is 293 g/mol. The summed E-state index contributed by atoms with van der Waals surface area (Å²) in [6.45, 7) is 6.29. The van der Waals surface area contributed by atoms with Crippen molar-refractivity contribution >= 4 is 16.9 Å². The first-order valence-corrected chi connectivity index (χ1v) is 7.46. The fourth-order valence-corrected chi connectivity index (χ4v) is 2.64. The molecule has 0 N–H and O–H groups in total. The predicted molar refractivity (Wildman–Crippen MR) is 88.7 cm³/mol. The van der Waals surface area contributed by atoms with Crippen LogP contribution in [0.5, 0.6) is 0 Å². The SMILES string of the molecule is CCOC(=O)c1cc2ccc(C)cc2n1-c1ccc(C)cc1. The summed E-state index contributed by atoms with van der Waals surface area (Å²) >= 11 is 0. The Morgan fingerprint density at radius 2 is 1.68 bits per heavy atom. The molecule has 0 aliphatic rings. The fourth-order valence-electron chi connectivity index (χ4n) is 2.64. The van der Waals surface area contributed by atoms with Crippen molar-refractivity contribution in [1.29, 1.82) is 0 Å². The second kappa shape index (κ2) is 5.68. The lowest BCUT2D eigenvalue weighted by molar-refractivity contribution is 0.0517. The lowest BCUT2D eigenvalue weighted by atomic mass is 10.2. The van der Waals surface area contributed by atoms with Crippen LogP contribution in [0.1, 0.15) is 28.5 Å². The molecule has 0 spiro atoms. The molecule has 0 aliphatic heterocycles. The van der Waals surface area contributed by atoms with Crippen LogP contribution in [0.25, 0.3) is 16.6 Å². The summed E-state index contributed by atoms with van der Waals surface area (Å²) in [6.07, 6.45) is 0. The van der Waals surface area contributed by atoms with Gasteiger partial charge < -0.3 is 9.30 Å². The number of hydrogen-bond acceptors (Lipinski definition) is 2. The summed E-state index contributed by atoms with van der Waals surface area (Å²) in [7, 11) is 0. The van der Waals surface area contributed by atoms with Crippen LogP contribution in [-0.2, 0) is 4.74 Å². The van der Waals surface area contributed by atoms with Crippen molar-refractivity contribution in [3.8, 4) is 5.69 Å². The van der Waals surface area contributed by atoms with Crippen LogP contribution in [0.15, 0.2) is 48.5 Å². The minimum Gasteiger partial charge on any atom is -0.461 e. The van der Waals surface area contributed by atoms with E-state index < -0.39 is 0 Å². The molecule has 0 saturated carbocycles. The number of ether oxygens (including phenoxy) is 1. The number of fused-ring (bicyclic) bond motifs is 1. The minimum absolute atomic E-state index is 0.295. The first-order chi connectivity index (χ1) is 10.6. The Labute approximate surface area is 130 Å². The van der Waals surface area contributed by atoms with E-state index in [1.165, 1.54) is 5.56 Å². The van der Waals surface area contributed by atoms with Gasteiger partial charge in [0.05, 0.1) is 12.1 Å². The van der Waals surface area contributed by atoms with Gasteiger partial charge in [-0.15, -0.1) is 0 Å². The predicted octanol–water partition coefficient (Wildman–Crippen LogP) is 4.42. The van der Waals surface area contributed by atoms with Gasteiger partial charge in [-0.05, 0) is 50.6 Å². The van der Waals surface area contributed by atoms with Gasteiger partial charge in [0.1, 0.15) is 5.69 Å². The van der Waals surface area contributed by atoms with Crippen molar-refractivity contribution in [2.24, 2.45) is 0 Å². The van der Waals surface area contributed by atoms with Crippen molar-refractivity contribution < 1.29 is 9.53 Å². The highest BCUT2D eigenvalue weighted by Crippen LogP contribution is 2.26. The monoisotopic (exact) mass is 293 g/mol. The summed E-state index contributed by atoms with van der Waals surface area (Å²) < 4.78 is 7.19. The molecule has 3 rings (SSSR count). The van der Waals surface area contributed by atoms with Crippen molar-refractivity contribution in [1.82, 2.24) is 4.57 Å². The summed E-state index contributed by atoms with van der Waals surface area (Å²) in [4.78, 5) is 12.3. The molecule has 0 unspecified atom stereocenters. The molecule has 0 bridgehead atoms. The van der Waals surface area contributed by atoms with Crippen LogP contribution in [0.4, 0.5) is 0 Å². The van der Waals surface area contributed by atoms with E-state index >= 15 is 0 Å². The molecular weight excluding hydrogens is 274 g/mol. The number of rotatable bonds is 3. The molecule has 3 aromatic rings. The van der Waals surface area contributed by atoms with Gasteiger partial charge in [0.2, 0.25) is 0 Å². The maximum atomic E-state index is 12.3. The van der Waals surface area contributed by atoms with Gasteiger partial charge in [-0.25, -0.2) is 4.79 Å². The number of aromatic nitrogens is 1. The van der Waals surface area contributed by atoms with Crippen molar-refractivity contribution in [2.75, 3.05) is 6.61 Å². The summed E-state index contributed by atoms with van der Waals surface area (Å²) in [5.41, 5.74) is 4.90. The molecule has 3 heteroatoms. The Morgan fingerprint density at radius 1 is 1.00 bits per heavy atom. The van der Waals surface area contributed by atoms with Gasteiger partial charge in [0, 0.05) is 11.1 Å². The van der Waals surface area contributed by atoms with E-state index in [0.29, 0.717) is 12.3 Å². The Balaban J connectivity index is 2.27. The second-order valence-electron chi connectivity index (χ2n) is 5.48. The molecule has 0 atom stereocenters. The van der Waals surface area contributed by atoms with Gasteiger partial charge >= 0.3 is 5.97 Å². The van der Waals surface area contributed by atoms with E-state index in [0.717, 1.165) is 22.2 Å². The highest BCUT2D eigenvalue weighted by atomic mass is 16.5. The van der Waals surface area contributed by atoms with Gasteiger partial charge in [0.15, 0.2) is 0 Å². The van der Waals surface area contributed by atoms with Crippen LogP contribution >= 0.6 is 0 Å². The molecule has 3 nitrogen and oxygen atoms in total. The number of hydrogen-bond donors (Lipinski definition) is 0. The van der Waals surface area contributed by atoms with Crippen molar-refractivity contribution in [3.63, 3.8) is 0 Å². The van der Waals surface area contributed by atoms with E-state index in [2.05, 4.69) is 19.1 Å². The number of aryl methyl sites for hydroxylation is 2. The summed E-state index contributed by atoms with van der Waals surface area (Å²) in [6, 6.07) is 16.2. The lowest BCUT2D eigenvalue weighted by Crippen LogP contribution is -2.10. The quantitative estimate of drug-likeness (QED) is 0.669. The Bertz CT molecular complexity index is 829. The van der Waals surface area contributed by atoms with Gasteiger partial charge in [-0.3, -0.25) is 0 Å². The zero-order valence-corrected chi connectivity index (χ0v) is 13.1. The first-order valence-electron chi connectivity index (χ1n) is 7.46. The maximum Gasteiger partial charge on any atom is 0.355 e. The molecule has 0 fully saturated rings. The highest BCUT2D eigenvalue weighted by Gasteiger charge is 2.17. The maximum absolute atomic E-state index is 12.3. The van der Waals surface area contributed by atoms with Crippen molar-refractivity contribution in [2.45, 2.75) is 20.8 Å². The zero-order chi connectivity index (χ0) is 15.7. The highest BCUT2D eigenvalue weighted by molar-refractivity contribution is 5.97. The molecular formula is C19H19NO2. The largest absolute Gasteiger partial charge is 0.461 e. The number of carbonyl (C=O) groups is 1. The molecule has 1 aromatic heterocycles. The number of nitrogens with zero attached hydrogens (tertiary/aromatic N) is 1. The third-order valence-electron chi connectivity index (χ3n) is 3.74. The molecule has 112 valence electrons. The number of carbonyl (C=O) groups excluding carboxylic acids is 1. The van der Waals surface area contributed by atoms with Crippen LogP contribution in [0.3, 0.4) is 0 Å². The Kier molecular flexibility index (Phi) is 3.72. The number of esters is 1. The second-order valence-corrected chi connectivity index (χ2v) is 5.48. The topological polar surface area (TPSA) is 31.2 Å². The third kappa shape index (κ3) is 2.50.